The van der Waals surface area contributed by atoms with Crippen LogP contribution in [0.25, 0.3) is 10.9 Å². The molecule has 2 aromatic carbocycles. The second-order valence-corrected chi connectivity index (χ2v) is 6.58. The summed E-state index contributed by atoms with van der Waals surface area (Å²) in [6.07, 6.45) is 3.37. The minimum Gasteiger partial charge on any atom is -0.384 e. The largest absolute Gasteiger partial charge is 0.384 e. The Morgan fingerprint density at radius 2 is 1.72 bits per heavy atom. The molecule has 2 amide bonds. The van der Waals surface area contributed by atoms with E-state index < -0.39 is 0 Å². The fourth-order valence-electron chi connectivity index (χ4n) is 2.98. The van der Waals surface area contributed by atoms with E-state index in [0.717, 1.165) is 16.5 Å². The fraction of sp³-hybridized carbons (Fsp3) is 0.0455. The van der Waals surface area contributed by atoms with Crippen molar-refractivity contribution >= 4 is 34.2 Å². The van der Waals surface area contributed by atoms with Gasteiger partial charge in [-0.25, -0.2) is 4.98 Å². The number of carbonyl (C=O) groups is 2. The standard InChI is InChI=1S/C22H19N5O2/c23-20-12-18(8-10-25-20)27-22(29)15-3-1-14(2-4-15)13-26-21(28)17-5-6-19-16(11-17)7-9-24-19/h1-12,24H,13H2,(H,26,28)(H3,23,25,27,29). The molecule has 0 aliphatic rings. The van der Waals surface area contributed by atoms with E-state index in [1.165, 1.54) is 6.20 Å². The van der Waals surface area contributed by atoms with Gasteiger partial charge in [-0.15, -0.1) is 0 Å². The Balaban J connectivity index is 1.36. The van der Waals surface area contributed by atoms with Crippen molar-refractivity contribution in [1.82, 2.24) is 15.3 Å². The van der Waals surface area contributed by atoms with Gasteiger partial charge < -0.3 is 21.4 Å². The van der Waals surface area contributed by atoms with Gasteiger partial charge in [-0.2, -0.15) is 0 Å². The summed E-state index contributed by atoms with van der Waals surface area (Å²) in [6.45, 7) is 0.368. The zero-order chi connectivity index (χ0) is 20.2. The van der Waals surface area contributed by atoms with Crippen molar-refractivity contribution in [3.8, 4) is 0 Å². The Kier molecular flexibility index (Phi) is 4.94. The lowest BCUT2D eigenvalue weighted by Crippen LogP contribution is -2.22. The molecule has 0 saturated heterocycles. The SMILES string of the molecule is Nc1cc(NC(=O)c2ccc(CNC(=O)c3ccc4[nH]ccc4c3)cc2)ccn1. The van der Waals surface area contributed by atoms with Gasteiger partial charge in [-0.05, 0) is 48.0 Å². The molecule has 29 heavy (non-hydrogen) atoms. The molecule has 7 nitrogen and oxygen atoms in total. The summed E-state index contributed by atoms with van der Waals surface area (Å²) in [5.41, 5.74) is 9.19. The van der Waals surface area contributed by atoms with Gasteiger partial charge >= 0.3 is 0 Å². The summed E-state index contributed by atoms with van der Waals surface area (Å²) in [5.74, 6) is -0.0549. The Bertz CT molecular complexity index is 1180. The van der Waals surface area contributed by atoms with E-state index in [2.05, 4.69) is 20.6 Å². The highest BCUT2D eigenvalue weighted by molar-refractivity contribution is 6.04. The second kappa shape index (κ2) is 7.85. The molecule has 2 heterocycles. The van der Waals surface area contributed by atoms with Crippen molar-refractivity contribution in [2.24, 2.45) is 0 Å². The number of nitrogens with one attached hydrogen (secondary N) is 3. The first-order chi connectivity index (χ1) is 14.1. The molecule has 2 aromatic heterocycles. The third-order valence-corrected chi connectivity index (χ3v) is 4.52. The molecule has 0 unspecified atom stereocenters. The normalized spacial score (nSPS) is 10.6. The lowest BCUT2D eigenvalue weighted by atomic mass is 10.1. The van der Waals surface area contributed by atoms with E-state index >= 15 is 0 Å². The number of hydrogen-bond donors (Lipinski definition) is 4. The molecule has 0 aliphatic carbocycles. The van der Waals surface area contributed by atoms with Gasteiger partial charge in [0.25, 0.3) is 11.8 Å². The molecule has 7 heteroatoms. The van der Waals surface area contributed by atoms with E-state index in [0.29, 0.717) is 29.2 Å². The molecular weight excluding hydrogens is 366 g/mol. The van der Waals surface area contributed by atoms with Crippen LogP contribution in [0.1, 0.15) is 26.3 Å². The quantitative estimate of drug-likeness (QED) is 0.422. The number of fused-ring (bicyclic) bond motifs is 1. The molecule has 5 N–H and O–H groups in total. The Morgan fingerprint density at radius 3 is 2.52 bits per heavy atom. The third-order valence-electron chi connectivity index (χ3n) is 4.52. The number of nitrogens with two attached hydrogens (primary N) is 1. The monoisotopic (exact) mass is 385 g/mol. The lowest BCUT2D eigenvalue weighted by Gasteiger charge is -2.08. The summed E-state index contributed by atoms with van der Waals surface area (Å²) in [5, 5.41) is 6.66. The van der Waals surface area contributed by atoms with Crippen LogP contribution in [0.2, 0.25) is 0 Å². The molecule has 144 valence electrons. The number of nitrogen functional groups attached to an aromatic ring is 1. The predicted octanol–water partition coefficient (Wildman–Crippen LogP) is 3.33. The second-order valence-electron chi connectivity index (χ2n) is 6.58. The first-order valence-electron chi connectivity index (χ1n) is 9.06. The summed E-state index contributed by atoms with van der Waals surface area (Å²) >= 11 is 0. The van der Waals surface area contributed by atoms with E-state index in [-0.39, 0.29) is 11.8 Å². The van der Waals surface area contributed by atoms with Crippen LogP contribution >= 0.6 is 0 Å². The number of H-pyrrole nitrogens is 1. The number of nitrogens with zero attached hydrogens (tertiary/aromatic N) is 1. The molecule has 0 atom stereocenters. The molecule has 0 fully saturated rings. The lowest BCUT2D eigenvalue weighted by molar-refractivity contribution is 0.0950. The highest BCUT2D eigenvalue weighted by atomic mass is 16.2. The highest BCUT2D eigenvalue weighted by Crippen LogP contribution is 2.15. The number of aromatic amines is 1. The van der Waals surface area contributed by atoms with Gasteiger partial charge in [0.05, 0.1) is 0 Å². The van der Waals surface area contributed by atoms with Crippen LogP contribution in [0.5, 0.6) is 0 Å². The average Bonchev–Trinajstić information content (AvgIpc) is 3.20. The van der Waals surface area contributed by atoms with Gasteiger partial charge in [0.2, 0.25) is 0 Å². The first-order valence-corrected chi connectivity index (χ1v) is 9.06. The Hall–Kier alpha value is -4.13. The van der Waals surface area contributed by atoms with Gasteiger partial charge in [0, 0.05) is 52.7 Å². The average molecular weight is 385 g/mol. The molecule has 0 bridgehead atoms. The number of anilines is 2. The van der Waals surface area contributed by atoms with E-state index in [1.807, 2.05) is 36.5 Å². The maximum Gasteiger partial charge on any atom is 0.255 e. The number of benzene rings is 2. The number of pyridine rings is 1. The Labute approximate surface area is 167 Å². The number of amides is 2. The van der Waals surface area contributed by atoms with Crippen LogP contribution in [-0.4, -0.2) is 21.8 Å². The van der Waals surface area contributed by atoms with Crippen LogP contribution in [0.3, 0.4) is 0 Å². The minimum absolute atomic E-state index is 0.148. The summed E-state index contributed by atoms with van der Waals surface area (Å²) in [6, 6.07) is 17.8. The number of aromatic nitrogens is 2. The maximum absolute atomic E-state index is 12.4. The van der Waals surface area contributed by atoms with Crippen molar-refractivity contribution in [2.75, 3.05) is 11.1 Å². The van der Waals surface area contributed by atoms with Gasteiger partial charge in [0.1, 0.15) is 5.82 Å². The third kappa shape index (κ3) is 4.24. The van der Waals surface area contributed by atoms with Crippen LogP contribution in [0, 0.1) is 0 Å². The van der Waals surface area contributed by atoms with Crippen molar-refractivity contribution < 1.29 is 9.59 Å². The first kappa shape index (κ1) is 18.2. The van der Waals surface area contributed by atoms with Crippen molar-refractivity contribution in [2.45, 2.75) is 6.54 Å². The van der Waals surface area contributed by atoms with Gasteiger partial charge in [-0.3, -0.25) is 9.59 Å². The summed E-state index contributed by atoms with van der Waals surface area (Å²) < 4.78 is 0. The summed E-state index contributed by atoms with van der Waals surface area (Å²) in [7, 11) is 0. The maximum atomic E-state index is 12.4. The zero-order valence-electron chi connectivity index (χ0n) is 15.5. The number of hydrogen-bond acceptors (Lipinski definition) is 4. The van der Waals surface area contributed by atoms with E-state index in [1.54, 1.807) is 30.3 Å². The topological polar surface area (TPSA) is 113 Å². The smallest absolute Gasteiger partial charge is 0.255 e. The summed E-state index contributed by atoms with van der Waals surface area (Å²) in [4.78, 5) is 31.7. The van der Waals surface area contributed by atoms with Crippen LogP contribution < -0.4 is 16.4 Å². The van der Waals surface area contributed by atoms with Crippen molar-refractivity contribution in [3.63, 3.8) is 0 Å². The van der Waals surface area contributed by atoms with Gasteiger partial charge in [-0.1, -0.05) is 12.1 Å². The molecule has 0 aliphatic heterocycles. The van der Waals surface area contributed by atoms with E-state index in [4.69, 9.17) is 5.73 Å². The van der Waals surface area contributed by atoms with Crippen LogP contribution in [0.4, 0.5) is 11.5 Å². The number of carbonyl (C=O) groups excluding carboxylic acids is 2. The van der Waals surface area contributed by atoms with Crippen molar-refractivity contribution in [3.05, 3.63) is 89.7 Å². The molecule has 4 rings (SSSR count). The van der Waals surface area contributed by atoms with Gasteiger partial charge in [0.15, 0.2) is 0 Å². The molecule has 0 radical (unpaired) electrons. The highest BCUT2D eigenvalue weighted by Gasteiger charge is 2.09. The van der Waals surface area contributed by atoms with Crippen LogP contribution in [-0.2, 0) is 6.54 Å². The predicted molar refractivity (Wildman–Crippen MR) is 113 cm³/mol. The number of rotatable bonds is 5. The molecule has 0 spiro atoms. The van der Waals surface area contributed by atoms with Crippen LogP contribution in [0.15, 0.2) is 73.1 Å². The molecular formula is C22H19N5O2. The minimum atomic E-state index is -0.244. The zero-order valence-corrected chi connectivity index (χ0v) is 15.5. The molecule has 0 saturated carbocycles. The van der Waals surface area contributed by atoms with Crippen molar-refractivity contribution in [1.29, 1.82) is 0 Å². The van der Waals surface area contributed by atoms with E-state index in [9.17, 15) is 9.59 Å². The fourth-order valence-corrected chi connectivity index (χ4v) is 2.98. The molecule has 4 aromatic rings. The Morgan fingerprint density at radius 1 is 0.931 bits per heavy atom.